The molecule has 2 aromatic rings. The lowest BCUT2D eigenvalue weighted by molar-refractivity contribution is -0.131. The van der Waals surface area contributed by atoms with Gasteiger partial charge in [0.25, 0.3) is 5.91 Å². The second-order valence-corrected chi connectivity index (χ2v) is 9.51. The van der Waals surface area contributed by atoms with Crippen molar-refractivity contribution in [1.82, 2.24) is 15.2 Å². The van der Waals surface area contributed by atoms with Crippen molar-refractivity contribution in [3.63, 3.8) is 0 Å². The summed E-state index contributed by atoms with van der Waals surface area (Å²) >= 11 is 0. The van der Waals surface area contributed by atoms with Gasteiger partial charge in [-0.25, -0.2) is 8.42 Å². The van der Waals surface area contributed by atoms with Gasteiger partial charge < -0.3 is 5.32 Å². The van der Waals surface area contributed by atoms with Crippen LogP contribution in [-0.4, -0.2) is 44.2 Å². The largest absolute Gasteiger partial charge is 0.376 e. The lowest BCUT2D eigenvalue weighted by Crippen LogP contribution is -2.49. The van der Waals surface area contributed by atoms with Crippen molar-refractivity contribution >= 4 is 27.5 Å². The summed E-state index contributed by atoms with van der Waals surface area (Å²) in [4.78, 5) is 24.4. The number of rotatable bonds is 6. The van der Waals surface area contributed by atoms with Gasteiger partial charge in [-0.3, -0.25) is 20.4 Å². The Labute approximate surface area is 187 Å². The predicted molar refractivity (Wildman–Crippen MR) is 119 cm³/mol. The number of benzene rings is 2. The molecule has 0 atom stereocenters. The monoisotopic (exact) mass is 455 g/mol. The van der Waals surface area contributed by atoms with Crippen LogP contribution in [0.25, 0.3) is 0 Å². The SMILES string of the molecule is Cc1ccc(NCC(=O)NNC(=O)C2CCN(S(=O)(=O)c3ccc(C#N)cc3)CC2)cc1. The fraction of sp³-hybridized carbons (Fsp3) is 0.318. The number of nitriles is 1. The fourth-order valence-electron chi connectivity index (χ4n) is 3.34. The van der Waals surface area contributed by atoms with Crippen LogP contribution in [0, 0.1) is 24.2 Å². The van der Waals surface area contributed by atoms with E-state index in [1.54, 1.807) is 0 Å². The number of nitrogens with one attached hydrogen (secondary N) is 3. The first-order valence-corrected chi connectivity index (χ1v) is 11.6. The second kappa shape index (κ2) is 10.3. The molecular weight excluding hydrogens is 430 g/mol. The number of nitrogens with zero attached hydrogens (tertiary/aromatic N) is 2. The summed E-state index contributed by atoms with van der Waals surface area (Å²) in [6.45, 7) is 2.37. The number of carbonyl (C=O) groups is 2. The van der Waals surface area contributed by atoms with Crippen molar-refractivity contribution < 1.29 is 18.0 Å². The number of hydrogen-bond acceptors (Lipinski definition) is 6. The zero-order valence-electron chi connectivity index (χ0n) is 17.7. The number of hydrogen-bond donors (Lipinski definition) is 3. The molecule has 0 aromatic heterocycles. The number of carbonyl (C=O) groups excluding carboxylic acids is 2. The summed E-state index contributed by atoms with van der Waals surface area (Å²) in [7, 11) is -3.68. The van der Waals surface area contributed by atoms with Crippen LogP contribution in [0.5, 0.6) is 0 Å². The highest BCUT2D eigenvalue weighted by atomic mass is 32.2. The highest BCUT2D eigenvalue weighted by molar-refractivity contribution is 7.89. The van der Waals surface area contributed by atoms with Gasteiger partial charge in [0.05, 0.1) is 23.1 Å². The summed E-state index contributed by atoms with van der Waals surface area (Å²) in [6.07, 6.45) is 0.692. The average molecular weight is 456 g/mol. The molecule has 0 unspecified atom stereocenters. The Hall–Kier alpha value is -3.42. The Morgan fingerprint density at radius 3 is 2.25 bits per heavy atom. The van der Waals surface area contributed by atoms with E-state index < -0.39 is 15.9 Å². The lowest BCUT2D eigenvalue weighted by Gasteiger charge is -2.30. The minimum absolute atomic E-state index is 0.00458. The van der Waals surface area contributed by atoms with Gasteiger partial charge in [0.1, 0.15) is 0 Å². The molecule has 0 radical (unpaired) electrons. The van der Waals surface area contributed by atoms with Crippen LogP contribution >= 0.6 is 0 Å². The molecule has 1 aliphatic rings. The number of amides is 2. The maximum Gasteiger partial charge on any atom is 0.257 e. The van der Waals surface area contributed by atoms with Crippen LogP contribution in [0.1, 0.15) is 24.0 Å². The molecule has 10 heteroatoms. The summed E-state index contributed by atoms with van der Waals surface area (Å²) < 4.78 is 26.9. The number of piperidine rings is 1. The molecular formula is C22H25N5O4S. The van der Waals surface area contributed by atoms with Crippen LogP contribution < -0.4 is 16.2 Å². The molecule has 1 fully saturated rings. The van der Waals surface area contributed by atoms with Gasteiger partial charge in [-0.2, -0.15) is 9.57 Å². The molecule has 32 heavy (non-hydrogen) atoms. The maximum absolute atomic E-state index is 12.8. The fourth-order valence-corrected chi connectivity index (χ4v) is 4.81. The first kappa shape index (κ1) is 23.2. The Bertz CT molecular complexity index is 1100. The third kappa shape index (κ3) is 5.84. The van der Waals surface area contributed by atoms with Crippen LogP contribution in [0.2, 0.25) is 0 Å². The maximum atomic E-state index is 12.8. The summed E-state index contributed by atoms with van der Waals surface area (Å²) in [6, 6.07) is 15.3. The number of aryl methyl sites for hydroxylation is 1. The minimum Gasteiger partial charge on any atom is -0.376 e. The van der Waals surface area contributed by atoms with Gasteiger partial charge in [-0.15, -0.1) is 0 Å². The van der Waals surface area contributed by atoms with E-state index in [0.29, 0.717) is 18.4 Å². The number of sulfonamides is 1. The first-order valence-electron chi connectivity index (χ1n) is 10.2. The quantitative estimate of drug-likeness (QED) is 0.566. The predicted octanol–water partition coefficient (Wildman–Crippen LogP) is 1.53. The third-order valence-corrected chi connectivity index (χ3v) is 7.19. The van der Waals surface area contributed by atoms with E-state index in [-0.39, 0.29) is 36.3 Å². The molecule has 1 aliphatic heterocycles. The molecule has 1 heterocycles. The molecule has 0 spiro atoms. The highest BCUT2D eigenvalue weighted by Crippen LogP contribution is 2.24. The van der Waals surface area contributed by atoms with Crippen molar-refractivity contribution in [3.8, 4) is 6.07 Å². The smallest absolute Gasteiger partial charge is 0.257 e. The van der Waals surface area contributed by atoms with E-state index in [4.69, 9.17) is 5.26 Å². The van der Waals surface area contributed by atoms with E-state index in [0.717, 1.165) is 11.3 Å². The molecule has 1 saturated heterocycles. The normalized spacial score (nSPS) is 14.9. The van der Waals surface area contributed by atoms with E-state index in [9.17, 15) is 18.0 Å². The van der Waals surface area contributed by atoms with Crippen molar-refractivity contribution in [2.24, 2.45) is 5.92 Å². The van der Waals surface area contributed by atoms with Crippen molar-refractivity contribution in [2.75, 3.05) is 25.0 Å². The molecule has 168 valence electrons. The Morgan fingerprint density at radius 2 is 1.66 bits per heavy atom. The van der Waals surface area contributed by atoms with Crippen molar-refractivity contribution in [2.45, 2.75) is 24.7 Å². The van der Waals surface area contributed by atoms with Gasteiger partial charge in [0.15, 0.2) is 0 Å². The van der Waals surface area contributed by atoms with Gasteiger partial charge in [0, 0.05) is 24.7 Å². The van der Waals surface area contributed by atoms with Gasteiger partial charge >= 0.3 is 0 Å². The molecule has 0 saturated carbocycles. The van der Waals surface area contributed by atoms with Crippen LogP contribution in [0.4, 0.5) is 5.69 Å². The van der Waals surface area contributed by atoms with E-state index in [1.165, 1.54) is 28.6 Å². The van der Waals surface area contributed by atoms with Crippen LogP contribution in [-0.2, 0) is 19.6 Å². The molecule has 2 aromatic carbocycles. The second-order valence-electron chi connectivity index (χ2n) is 7.57. The van der Waals surface area contributed by atoms with E-state index in [2.05, 4.69) is 16.2 Å². The van der Waals surface area contributed by atoms with E-state index >= 15 is 0 Å². The summed E-state index contributed by atoms with van der Waals surface area (Å²) in [5.41, 5.74) is 7.10. The van der Waals surface area contributed by atoms with Gasteiger partial charge in [-0.1, -0.05) is 17.7 Å². The minimum atomic E-state index is -3.68. The molecule has 3 N–H and O–H groups in total. The molecule has 0 bridgehead atoms. The molecule has 3 rings (SSSR count). The standard InChI is InChI=1S/C22H25N5O4S/c1-16-2-6-19(7-3-16)24-15-21(28)25-26-22(29)18-10-12-27(13-11-18)32(30,31)20-8-4-17(14-23)5-9-20/h2-9,18,24H,10-13,15H2,1H3,(H,25,28)(H,26,29). The molecule has 9 nitrogen and oxygen atoms in total. The number of hydrazine groups is 1. The van der Waals surface area contributed by atoms with Crippen molar-refractivity contribution in [3.05, 3.63) is 59.7 Å². The molecule has 2 amide bonds. The third-order valence-electron chi connectivity index (χ3n) is 5.28. The average Bonchev–Trinajstić information content (AvgIpc) is 2.82. The van der Waals surface area contributed by atoms with Gasteiger partial charge in [0.2, 0.25) is 15.9 Å². The Kier molecular flexibility index (Phi) is 7.45. The Morgan fingerprint density at radius 1 is 1.03 bits per heavy atom. The first-order chi connectivity index (χ1) is 15.3. The topological polar surface area (TPSA) is 131 Å². The summed E-state index contributed by atoms with van der Waals surface area (Å²) in [5, 5.41) is 11.8. The van der Waals surface area contributed by atoms with Crippen LogP contribution in [0.15, 0.2) is 53.4 Å². The zero-order valence-corrected chi connectivity index (χ0v) is 18.5. The van der Waals surface area contributed by atoms with Crippen molar-refractivity contribution in [1.29, 1.82) is 5.26 Å². The van der Waals surface area contributed by atoms with E-state index in [1.807, 2.05) is 37.3 Å². The van der Waals surface area contributed by atoms with Gasteiger partial charge in [-0.05, 0) is 56.2 Å². The highest BCUT2D eigenvalue weighted by Gasteiger charge is 2.32. The lowest BCUT2D eigenvalue weighted by atomic mass is 9.98. The van der Waals surface area contributed by atoms with Crippen LogP contribution in [0.3, 0.4) is 0 Å². The number of anilines is 1. The Balaban J connectivity index is 1.44. The zero-order chi connectivity index (χ0) is 23.1. The summed E-state index contributed by atoms with van der Waals surface area (Å²) in [5.74, 6) is -1.13. The molecule has 0 aliphatic carbocycles.